The van der Waals surface area contributed by atoms with Gasteiger partial charge in [-0.15, -0.1) is 0 Å². The Morgan fingerprint density at radius 1 is 1.15 bits per heavy atom. The molecule has 0 aromatic carbocycles. The van der Waals surface area contributed by atoms with Crippen LogP contribution in [0.25, 0.3) is 0 Å². The molecule has 0 radical (unpaired) electrons. The highest BCUT2D eigenvalue weighted by Gasteiger charge is 2.25. The Bertz CT molecular complexity index is 264. The van der Waals surface area contributed by atoms with Gasteiger partial charge in [-0.05, 0) is 50.7 Å². The zero-order valence-electron chi connectivity index (χ0n) is 13.4. The molecule has 0 aliphatic carbocycles. The maximum Gasteiger partial charge on any atom is 0.0829 e. The summed E-state index contributed by atoms with van der Waals surface area (Å²) in [4.78, 5) is 5.16. The van der Waals surface area contributed by atoms with E-state index in [9.17, 15) is 0 Å². The van der Waals surface area contributed by atoms with Gasteiger partial charge in [0.05, 0.1) is 12.7 Å². The predicted octanol–water partition coefficient (Wildman–Crippen LogP) is 1.40. The molecule has 2 fully saturated rings. The molecule has 4 nitrogen and oxygen atoms in total. The molecule has 0 bridgehead atoms. The van der Waals surface area contributed by atoms with Crippen molar-refractivity contribution in [3.8, 4) is 0 Å². The van der Waals surface area contributed by atoms with Crippen LogP contribution in [-0.2, 0) is 4.74 Å². The van der Waals surface area contributed by atoms with Gasteiger partial charge in [-0.25, -0.2) is 0 Å². The zero-order chi connectivity index (χ0) is 14.4. The molecule has 20 heavy (non-hydrogen) atoms. The first-order chi connectivity index (χ1) is 9.67. The van der Waals surface area contributed by atoms with E-state index < -0.39 is 0 Å². The fourth-order valence-electron chi connectivity index (χ4n) is 3.55. The quantitative estimate of drug-likeness (QED) is 0.800. The van der Waals surface area contributed by atoms with Crippen LogP contribution in [0.15, 0.2) is 0 Å². The van der Waals surface area contributed by atoms with Crippen molar-refractivity contribution in [3.63, 3.8) is 0 Å². The first-order valence-electron chi connectivity index (χ1n) is 8.43. The first-order valence-corrected chi connectivity index (χ1v) is 8.43. The second-order valence-corrected chi connectivity index (χ2v) is 6.97. The first kappa shape index (κ1) is 16.2. The summed E-state index contributed by atoms with van der Waals surface area (Å²) in [6, 6.07) is 0. The summed E-state index contributed by atoms with van der Waals surface area (Å²) in [6.45, 7) is 13.3. The van der Waals surface area contributed by atoms with Crippen LogP contribution < -0.4 is 5.73 Å². The lowest BCUT2D eigenvalue weighted by Gasteiger charge is -2.38. The van der Waals surface area contributed by atoms with Crippen molar-refractivity contribution in [2.75, 3.05) is 52.4 Å². The Balaban J connectivity index is 1.68. The second kappa shape index (κ2) is 8.32. The molecule has 0 saturated carbocycles. The van der Waals surface area contributed by atoms with Crippen LogP contribution in [0.4, 0.5) is 0 Å². The van der Waals surface area contributed by atoms with Gasteiger partial charge in [0.1, 0.15) is 0 Å². The Morgan fingerprint density at radius 3 is 2.55 bits per heavy atom. The largest absolute Gasteiger partial charge is 0.374 e. The number of rotatable bonds is 6. The number of nitrogens with two attached hydrogens (primary N) is 1. The molecule has 1 unspecified atom stereocenters. The minimum Gasteiger partial charge on any atom is -0.374 e. The maximum absolute atomic E-state index is 5.96. The Kier molecular flexibility index (Phi) is 6.75. The summed E-state index contributed by atoms with van der Waals surface area (Å²) < 4.78 is 5.96. The van der Waals surface area contributed by atoms with E-state index in [2.05, 4.69) is 23.6 Å². The standard InChI is InChI=1S/C16H33N3O/c1-14(2)11-19-9-10-20-16(13-19)12-18-7-4-15(3-6-17)5-8-18/h14-16H,3-13,17H2,1-2H3. The van der Waals surface area contributed by atoms with Crippen LogP contribution in [0.2, 0.25) is 0 Å². The van der Waals surface area contributed by atoms with E-state index in [1.165, 1.54) is 38.9 Å². The maximum atomic E-state index is 5.96. The van der Waals surface area contributed by atoms with Crippen molar-refractivity contribution in [2.24, 2.45) is 17.6 Å². The van der Waals surface area contributed by atoms with E-state index in [1.807, 2.05) is 0 Å². The van der Waals surface area contributed by atoms with Crippen molar-refractivity contribution in [1.29, 1.82) is 0 Å². The molecule has 2 N–H and O–H groups in total. The fraction of sp³-hybridized carbons (Fsp3) is 1.00. The highest BCUT2D eigenvalue weighted by Crippen LogP contribution is 2.20. The molecule has 118 valence electrons. The summed E-state index contributed by atoms with van der Waals surface area (Å²) in [5.74, 6) is 1.61. The third-order valence-corrected chi connectivity index (χ3v) is 4.59. The molecule has 0 amide bonds. The predicted molar refractivity (Wildman–Crippen MR) is 83.9 cm³/mol. The molecule has 4 heteroatoms. The monoisotopic (exact) mass is 283 g/mol. The van der Waals surface area contributed by atoms with Crippen molar-refractivity contribution < 1.29 is 4.74 Å². The molecule has 0 aromatic heterocycles. The van der Waals surface area contributed by atoms with E-state index in [0.29, 0.717) is 6.10 Å². The van der Waals surface area contributed by atoms with Crippen LogP contribution in [0.5, 0.6) is 0 Å². The molecule has 2 aliphatic heterocycles. The van der Waals surface area contributed by atoms with Gasteiger partial charge in [-0.3, -0.25) is 4.90 Å². The summed E-state index contributed by atoms with van der Waals surface area (Å²) >= 11 is 0. The average Bonchev–Trinajstić information content (AvgIpc) is 2.41. The van der Waals surface area contributed by atoms with Crippen molar-refractivity contribution in [3.05, 3.63) is 0 Å². The Labute approximate surface area is 124 Å². The van der Waals surface area contributed by atoms with E-state index in [1.54, 1.807) is 0 Å². The lowest BCUT2D eigenvalue weighted by molar-refractivity contribution is -0.0493. The number of hydrogen-bond donors (Lipinski definition) is 1. The average molecular weight is 283 g/mol. The summed E-state index contributed by atoms with van der Waals surface area (Å²) in [5, 5.41) is 0. The smallest absolute Gasteiger partial charge is 0.0829 e. The number of likely N-dealkylation sites (tertiary alicyclic amines) is 1. The molecule has 0 spiro atoms. The van der Waals surface area contributed by atoms with E-state index in [-0.39, 0.29) is 0 Å². The molecule has 2 aliphatic rings. The molecule has 2 rings (SSSR count). The van der Waals surface area contributed by atoms with Gasteiger partial charge in [0.25, 0.3) is 0 Å². The van der Waals surface area contributed by atoms with Crippen LogP contribution in [0.3, 0.4) is 0 Å². The fourth-order valence-corrected chi connectivity index (χ4v) is 3.55. The van der Waals surface area contributed by atoms with E-state index >= 15 is 0 Å². The molecule has 2 heterocycles. The summed E-state index contributed by atoms with van der Waals surface area (Å²) in [7, 11) is 0. The van der Waals surface area contributed by atoms with Crippen molar-refractivity contribution in [2.45, 2.75) is 39.2 Å². The van der Waals surface area contributed by atoms with Gasteiger partial charge >= 0.3 is 0 Å². The van der Waals surface area contributed by atoms with Crippen molar-refractivity contribution >= 4 is 0 Å². The molecule has 1 atom stereocenters. The van der Waals surface area contributed by atoms with Crippen LogP contribution in [-0.4, -0.2) is 68.3 Å². The van der Waals surface area contributed by atoms with Gasteiger partial charge in [0.15, 0.2) is 0 Å². The van der Waals surface area contributed by atoms with Gasteiger partial charge in [-0.2, -0.15) is 0 Å². The second-order valence-electron chi connectivity index (χ2n) is 6.97. The number of hydrogen-bond acceptors (Lipinski definition) is 4. The molecule has 0 aromatic rings. The number of ether oxygens (including phenoxy) is 1. The summed E-state index contributed by atoms with van der Waals surface area (Å²) in [6.07, 6.45) is 4.25. The minimum absolute atomic E-state index is 0.411. The van der Waals surface area contributed by atoms with Crippen molar-refractivity contribution in [1.82, 2.24) is 9.80 Å². The van der Waals surface area contributed by atoms with Gasteiger partial charge in [0.2, 0.25) is 0 Å². The van der Waals surface area contributed by atoms with E-state index in [0.717, 1.165) is 44.6 Å². The minimum atomic E-state index is 0.411. The third-order valence-electron chi connectivity index (χ3n) is 4.59. The number of morpholine rings is 1. The lowest BCUT2D eigenvalue weighted by Crippen LogP contribution is -2.49. The molecule has 2 saturated heterocycles. The van der Waals surface area contributed by atoms with Gasteiger partial charge in [-0.1, -0.05) is 13.8 Å². The van der Waals surface area contributed by atoms with Gasteiger partial charge in [0, 0.05) is 26.2 Å². The Hall–Kier alpha value is -0.160. The van der Waals surface area contributed by atoms with Gasteiger partial charge < -0.3 is 15.4 Å². The van der Waals surface area contributed by atoms with Crippen LogP contribution >= 0.6 is 0 Å². The zero-order valence-corrected chi connectivity index (χ0v) is 13.4. The number of piperidine rings is 1. The lowest BCUT2D eigenvalue weighted by atomic mass is 9.93. The molecular formula is C16H33N3O. The normalized spacial score (nSPS) is 27.3. The Morgan fingerprint density at radius 2 is 1.90 bits per heavy atom. The topological polar surface area (TPSA) is 41.7 Å². The highest BCUT2D eigenvalue weighted by atomic mass is 16.5. The van der Waals surface area contributed by atoms with E-state index in [4.69, 9.17) is 10.5 Å². The van der Waals surface area contributed by atoms with Crippen LogP contribution in [0.1, 0.15) is 33.1 Å². The SMILES string of the molecule is CC(C)CN1CCOC(CN2CCC(CCN)CC2)C1. The molecular weight excluding hydrogens is 250 g/mol. The summed E-state index contributed by atoms with van der Waals surface area (Å²) in [5.41, 5.74) is 5.66. The number of nitrogens with zero attached hydrogens (tertiary/aromatic N) is 2. The highest BCUT2D eigenvalue weighted by molar-refractivity contribution is 4.79. The van der Waals surface area contributed by atoms with Crippen LogP contribution in [0, 0.1) is 11.8 Å². The third kappa shape index (κ3) is 5.32.